The van der Waals surface area contributed by atoms with Gasteiger partial charge < -0.3 is 10.4 Å². The molecule has 21 heavy (non-hydrogen) atoms. The van der Waals surface area contributed by atoms with E-state index < -0.39 is 29.6 Å². The summed E-state index contributed by atoms with van der Waals surface area (Å²) in [6.07, 6.45) is -2.45. The highest BCUT2D eigenvalue weighted by atomic mass is 32.2. The number of rotatable bonds is 7. The van der Waals surface area contributed by atoms with Crippen molar-refractivity contribution in [3.63, 3.8) is 0 Å². The Balaban J connectivity index is 2.79. The van der Waals surface area contributed by atoms with Crippen molar-refractivity contribution in [1.82, 2.24) is 5.32 Å². The number of aliphatic carboxylic acids is 1. The molecule has 8 heteroatoms. The van der Waals surface area contributed by atoms with Crippen molar-refractivity contribution in [2.75, 3.05) is 12.0 Å². The van der Waals surface area contributed by atoms with Gasteiger partial charge in [-0.25, -0.2) is 4.39 Å². The molecule has 0 heterocycles. The van der Waals surface area contributed by atoms with Crippen LogP contribution >= 0.6 is 11.8 Å². The molecule has 118 valence electrons. The molecule has 0 amide bonds. The minimum absolute atomic E-state index is 0.208. The predicted molar refractivity (Wildman–Crippen MR) is 72.7 cm³/mol. The summed E-state index contributed by atoms with van der Waals surface area (Å²) in [5.74, 6) is -1.34. The summed E-state index contributed by atoms with van der Waals surface area (Å²) in [4.78, 5) is 11.0. The van der Waals surface area contributed by atoms with E-state index in [2.05, 4.69) is 5.32 Å². The molecule has 0 spiro atoms. The number of carbonyl (C=O) groups is 1. The van der Waals surface area contributed by atoms with Gasteiger partial charge >= 0.3 is 12.1 Å². The summed E-state index contributed by atoms with van der Waals surface area (Å²) >= 11 is 1.45. The van der Waals surface area contributed by atoms with Gasteiger partial charge in [0.05, 0.1) is 5.56 Å². The highest BCUT2D eigenvalue weighted by Gasteiger charge is 2.31. The Morgan fingerprint density at radius 1 is 1.43 bits per heavy atom. The zero-order chi connectivity index (χ0) is 16.0. The number of nitrogens with one attached hydrogen (secondary N) is 1. The van der Waals surface area contributed by atoms with E-state index in [4.69, 9.17) is 5.11 Å². The highest BCUT2D eigenvalue weighted by molar-refractivity contribution is 7.98. The zero-order valence-electron chi connectivity index (χ0n) is 11.2. The molecule has 0 aromatic heterocycles. The predicted octanol–water partition coefficient (Wildman–Crippen LogP) is 3.14. The first-order valence-electron chi connectivity index (χ1n) is 6.06. The number of halogens is 4. The lowest BCUT2D eigenvalue weighted by molar-refractivity contribution is -0.140. The molecule has 0 saturated carbocycles. The van der Waals surface area contributed by atoms with Crippen molar-refractivity contribution in [1.29, 1.82) is 0 Å². The molecular formula is C13H15F4NO2S. The highest BCUT2D eigenvalue weighted by Crippen LogP contribution is 2.30. The average molecular weight is 325 g/mol. The van der Waals surface area contributed by atoms with Crippen LogP contribution in [0.3, 0.4) is 0 Å². The molecule has 1 atom stereocenters. The number of benzene rings is 1. The van der Waals surface area contributed by atoms with E-state index in [0.717, 1.165) is 6.07 Å². The number of carboxylic acid groups (broad SMARTS) is 1. The second kappa shape index (κ2) is 7.65. The van der Waals surface area contributed by atoms with Gasteiger partial charge in [0.2, 0.25) is 0 Å². The Bertz CT molecular complexity index is 494. The number of alkyl halides is 3. The van der Waals surface area contributed by atoms with Crippen LogP contribution in [-0.4, -0.2) is 29.1 Å². The first-order chi connectivity index (χ1) is 9.75. The first kappa shape index (κ1) is 17.8. The van der Waals surface area contributed by atoms with Crippen LogP contribution in [0, 0.1) is 5.82 Å². The summed E-state index contributed by atoms with van der Waals surface area (Å²) < 4.78 is 51.2. The van der Waals surface area contributed by atoms with Crippen LogP contribution in [0.2, 0.25) is 0 Å². The molecule has 0 radical (unpaired) electrons. The fourth-order valence-electron chi connectivity index (χ4n) is 1.67. The minimum Gasteiger partial charge on any atom is -0.480 e. The average Bonchev–Trinajstić information content (AvgIpc) is 2.38. The monoisotopic (exact) mass is 325 g/mol. The third kappa shape index (κ3) is 5.55. The number of hydrogen-bond donors (Lipinski definition) is 2. The van der Waals surface area contributed by atoms with Gasteiger partial charge in [0, 0.05) is 12.1 Å². The van der Waals surface area contributed by atoms with Gasteiger partial charge in [-0.05, 0) is 36.6 Å². The van der Waals surface area contributed by atoms with Crippen LogP contribution in [0.15, 0.2) is 18.2 Å². The molecule has 2 N–H and O–H groups in total. The maximum Gasteiger partial charge on any atom is 0.416 e. The number of thioether (sulfide) groups is 1. The molecule has 0 unspecified atom stereocenters. The van der Waals surface area contributed by atoms with Gasteiger partial charge in [0.1, 0.15) is 11.9 Å². The van der Waals surface area contributed by atoms with Crippen molar-refractivity contribution in [2.45, 2.75) is 25.2 Å². The Kier molecular flexibility index (Phi) is 6.47. The smallest absolute Gasteiger partial charge is 0.416 e. The normalized spacial score (nSPS) is 13.2. The summed E-state index contributed by atoms with van der Waals surface area (Å²) in [5, 5.41) is 11.6. The van der Waals surface area contributed by atoms with E-state index >= 15 is 0 Å². The van der Waals surface area contributed by atoms with E-state index in [0.29, 0.717) is 24.3 Å². The Morgan fingerprint density at radius 3 is 2.62 bits per heavy atom. The largest absolute Gasteiger partial charge is 0.480 e. The van der Waals surface area contributed by atoms with Gasteiger partial charge in [0.25, 0.3) is 0 Å². The summed E-state index contributed by atoms with van der Waals surface area (Å²) in [5.41, 5.74) is -1.17. The van der Waals surface area contributed by atoms with Gasteiger partial charge in [-0.1, -0.05) is 0 Å². The standard InChI is InChI=1S/C13H15F4NO2S/c1-21-5-4-11(12(19)20)18-7-8-6-9(13(15,16)17)2-3-10(8)14/h2-3,6,11,18H,4-5,7H2,1H3,(H,19,20)/t11-/m0/s1. The molecule has 0 aliphatic carbocycles. The van der Waals surface area contributed by atoms with Crippen molar-refractivity contribution < 1.29 is 27.5 Å². The second-order valence-electron chi connectivity index (χ2n) is 4.36. The van der Waals surface area contributed by atoms with Gasteiger partial charge in [-0.3, -0.25) is 4.79 Å². The molecule has 1 rings (SSSR count). The van der Waals surface area contributed by atoms with Crippen LogP contribution in [0.4, 0.5) is 17.6 Å². The lowest BCUT2D eigenvalue weighted by Gasteiger charge is -2.15. The quantitative estimate of drug-likeness (QED) is 0.756. The third-order valence-electron chi connectivity index (χ3n) is 2.82. The van der Waals surface area contributed by atoms with Crippen LogP contribution in [0.1, 0.15) is 17.5 Å². The van der Waals surface area contributed by atoms with Crippen molar-refractivity contribution in [2.24, 2.45) is 0 Å². The molecular weight excluding hydrogens is 310 g/mol. The molecule has 0 aliphatic heterocycles. The van der Waals surface area contributed by atoms with Crippen LogP contribution in [-0.2, 0) is 17.5 Å². The fraction of sp³-hybridized carbons (Fsp3) is 0.462. The zero-order valence-corrected chi connectivity index (χ0v) is 12.0. The molecule has 0 fully saturated rings. The third-order valence-corrected chi connectivity index (χ3v) is 3.46. The van der Waals surface area contributed by atoms with Gasteiger partial charge in [-0.15, -0.1) is 0 Å². The van der Waals surface area contributed by atoms with Crippen molar-refractivity contribution in [3.8, 4) is 0 Å². The molecule has 0 aliphatic rings. The SMILES string of the molecule is CSCC[C@H](NCc1cc(C(F)(F)F)ccc1F)C(=O)O. The maximum absolute atomic E-state index is 13.5. The molecule has 1 aromatic carbocycles. The summed E-state index contributed by atoms with van der Waals surface area (Å²) in [6.45, 7) is -0.277. The van der Waals surface area contributed by atoms with Crippen molar-refractivity contribution >= 4 is 17.7 Å². The summed E-state index contributed by atoms with van der Waals surface area (Å²) in [7, 11) is 0. The van der Waals surface area contributed by atoms with Gasteiger partial charge in [0.15, 0.2) is 0 Å². The van der Waals surface area contributed by atoms with E-state index in [9.17, 15) is 22.4 Å². The summed E-state index contributed by atoms with van der Waals surface area (Å²) in [6, 6.07) is 1.15. The maximum atomic E-state index is 13.5. The van der Waals surface area contributed by atoms with Crippen LogP contribution < -0.4 is 5.32 Å². The Hall–Kier alpha value is -1.28. The Morgan fingerprint density at radius 2 is 2.10 bits per heavy atom. The van der Waals surface area contributed by atoms with Crippen LogP contribution in [0.5, 0.6) is 0 Å². The molecule has 1 aromatic rings. The van der Waals surface area contributed by atoms with Crippen LogP contribution in [0.25, 0.3) is 0 Å². The fourth-order valence-corrected chi connectivity index (χ4v) is 2.14. The van der Waals surface area contributed by atoms with E-state index in [1.807, 2.05) is 6.26 Å². The van der Waals surface area contributed by atoms with E-state index in [1.165, 1.54) is 11.8 Å². The topological polar surface area (TPSA) is 49.3 Å². The minimum atomic E-state index is -4.56. The molecule has 0 bridgehead atoms. The molecule has 0 saturated heterocycles. The lowest BCUT2D eigenvalue weighted by Crippen LogP contribution is -2.36. The number of hydrogen-bond acceptors (Lipinski definition) is 3. The Labute approximate surface area is 123 Å². The first-order valence-corrected chi connectivity index (χ1v) is 7.46. The van der Waals surface area contributed by atoms with E-state index in [-0.39, 0.29) is 12.1 Å². The van der Waals surface area contributed by atoms with Gasteiger partial charge in [-0.2, -0.15) is 24.9 Å². The number of carboxylic acids is 1. The van der Waals surface area contributed by atoms with E-state index in [1.54, 1.807) is 0 Å². The second-order valence-corrected chi connectivity index (χ2v) is 5.34. The van der Waals surface area contributed by atoms with Crippen molar-refractivity contribution in [3.05, 3.63) is 35.1 Å². The molecule has 3 nitrogen and oxygen atoms in total. The lowest BCUT2D eigenvalue weighted by atomic mass is 10.1.